The van der Waals surface area contributed by atoms with Gasteiger partial charge in [0.25, 0.3) is 0 Å². The van der Waals surface area contributed by atoms with E-state index in [4.69, 9.17) is 5.26 Å². The molecule has 0 amide bonds. The van der Waals surface area contributed by atoms with Gasteiger partial charge in [0.15, 0.2) is 5.12 Å². The number of hydrogen-bond donors (Lipinski definition) is 1. The lowest BCUT2D eigenvalue weighted by molar-refractivity contribution is -0.124. The lowest BCUT2D eigenvalue weighted by Gasteiger charge is -2.31. The van der Waals surface area contributed by atoms with Crippen molar-refractivity contribution in [1.29, 1.82) is 5.26 Å². The number of rotatable bonds is 3. The summed E-state index contributed by atoms with van der Waals surface area (Å²) in [4.78, 5) is 12.4. The zero-order valence-electron chi connectivity index (χ0n) is 12.6. The van der Waals surface area contributed by atoms with E-state index >= 15 is 0 Å². The summed E-state index contributed by atoms with van der Waals surface area (Å²) in [5.41, 5.74) is 0.303. The average molecular weight is 291 g/mol. The van der Waals surface area contributed by atoms with Crippen molar-refractivity contribution >= 4 is 16.9 Å². The van der Waals surface area contributed by atoms with Crippen LogP contribution in [-0.2, 0) is 4.79 Å². The van der Waals surface area contributed by atoms with Crippen LogP contribution in [-0.4, -0.2) is 15.0 Å². The molecule has 1 aromatic carbocycles. The molecule has 0 fully saturated rings. The minimum Gasteiger partial charge on any atom is -0.387 e. The third-order valence-electron chi connectivity index (χ3n) is 2.96. The van der Waals surface area contributed by atoms with Crippen molar-refractivity contribution in [3.63, 3.8) is 0 Å². The second kappa shape index (κ2) is 5.99. The van der Waals surface area contributed by atoms with Crippen LogP contribution in [0, 0.1) is 16.7 Å². The quantitative estimate of drug-likeness (QED) is 0.923. The number of thioether (sulfide) groups is 1. The number of aliphatic hydroxyl groups excluding tert-OH is 1. The monoisotopic (exact) mass is 291 g/mol. The van der Waals surface area contributed by atoms with Gasteiger partial charge < -0.3 is 5.11 Å². The summed E-state index contributed by atoms with van der Waals surface area (Å²) in [5.74, 6) is 0. The number of benzene rings is 1. The van der Waals surface area contributed by atoms with Crippen LogP contribution in [0.3, 0.4) is 0 Å². The summed E-state index contributed by atoms with van der Waals surface area (Å²) in [6.07, 6.45) is -0.891. The summed E-state index contributed by atoms with van der Waals surface area (Å²) in [6, 6.07) is 8.72. The molecule has 0 saturated heterocycles. The minimum atomic E-state index is -0.891. The maximum absolute atomic E-state index is 12.4. The standard InChI is InChI=1S/C16H21NO2S/c1-15(2,3)20-14(19)16(4,5)13(18)12-8-6-11(10-17)7-9-12/h6-9,13,18H,1-5H3. The minimum absolute atomic E-state index is 0.0399. The Balaban J connectivity index is 2.95. The molecule has 0 heterocycles. The highest BCUT2D eigenvalue weighted by molar-refractivity contribution is 8.14. The smallest absolute Gasteiger partial charge is 0.197 e. The molecule has 0 aliphatic carbocycles. The van der Waals surface area contributed by atoms with Crippen LogP contribution in [0.15, 0.2) is 24.3 Å². The molecule has 1 rings (SSSR count). The molecule has 0 radical (unpaired) electrons. The summed E-state index contributed by atoms with van der Waals surface area (Å²) in [5, 5.41) is 19.2. The topological polar surface area (TPSA) is 61.1 Å². The van der Waals surface area contributed by atoms with Gasteiger partial charge in [0, 0.05) is 4.75 Å². The Hall–Kier alpha value is -1.31. The number of hydrogen-bond acceptors (Lipinski definition) is 4. The van der Waals surface area contributed by atoms with E-state index in [-0.39, 0.29) is 9.86 Å². The lowest BCUT2D eigenvalue weighted by atomic mass is 9.83. The van der Waals surface area contributed by atoms with Crippen LogP contribution < -0.4 is 0 Å². The Bertz CT molecular complexity index is 521. The molecule has 4 heteroatoms. The number of nitriles is 1. The molecule has 1 atom stereocenters. The van der Waals surface area contributed by atoms with Gasteiger partial charge in [-0.25, -0.2) is 0 Å². The molecule has 0 spiro atoms. The average Bonchev–Trinajstić information content (AvgIpc) is 2.36. The second-order valence-electron chi connectivity index (χ2n) is 6.36. The molecule has 20 heavy (non-hydrogen) atoms. The van der Waals surface area contributed by atoms with Gasteiger partial charge in [-0.05, 0) is 31.5 Å². The van der Waals surface area contributed by atoms with Crippen LogP contribution in [0.5, 0.6) is 0 Å². The van der Waals surface area contributed by atoms with Crippen LogP contribution in [0.25, 0.3) is 0 Å². The predicted octanol–water partition coefficient (Wildman–Crippen LogP) is 3.68. The first-order chi connectivity index (χ1) is 9.08. The van der Waals surface area contributed by atoms with Crippen molar-refractivity contribution in [2.24, 2.45) is 5.41 Å². The first kappa shape index (κ1) is 16.7. The highest BCUT2D eigenvalue weighted by Crippen LogP contribution is 2.40. The normalized spacial score (nSPS) is 13.7. The van der Waals surface area contributed by atoms with Crippen molar-refractivity contribution in [3.05, 3.63) is 35.4 Å². The van der Waals surface area contributed by atoms with Gasteiger partial charge in [-0.3, -0.25) is 4.79 Å². The van der Waals surface area contributed by atoms with Gasteiger partial charge in [-0.2, -0.15) is 5.26 Å². The summed E-state index contributed by atoms with van der Waals surface area (Å²) < 4.78 is -0.182. The largest absolute Gasteiger partial charge is 0.387 e. The van der Waals surface area contributed by atoms with Crippen LogP contribution >= 0.6 is 11.8 Å². The molecule has 1 N–H and O–H groups in total. The molecular formula is C16H21NO2S. The molecule has 108 valence electrons. The van der Waals surface area contributed by atoms with E-state index in [1.54, 1.807) is 38.1 Å². The van der Waals surface area contributed by atoms with Crippen molar-refractivity contribution < 1.29 is 9.90 Å². The maximum Gasteiger partial charge on any atom is 0.197 e. The Labute approximate surface area is 125 Å². The SMILES string of the molecule is CC(C)(C)SC(=O)C(C)(C)C(O)c1ccc(C#N)cc1. The third-order valence-corrected chi connectivity index (χ3v) is 4.29. The molecule has 1 unspecified atom stereocenters. The third kappa shape index (κ3) is 4.09. The number of carbonyl (C=O) groups is 1. The van der Waals surface area contributed by atoms with Gasteiger partial charge in [-0.1, -0.05) is 44.7 Å². The number of carbonyl (C=O) groups excluding carboxylic acids is 1. The summed E-state index contributed by atoms with van der Waals surface area (Å²) in [7, 11) is 0. The van der Waals surface area contributed by atoms with Crippen molar-refractivity contribution in [1.82, 2.24) is 0 Å². The van der Waals surface area contributed by atoms with E-state index in [9.17, 15) is 9.90 Å². The van der Waals surface area contributed by atoms with Gasteiger partial charge in [-0.15, -0.1) is 0 Å². The molecule has 0 aliphatic rings. The van der Waals surface area contributed by atoms with Crippen LogP contribution in [0.2, 0.25) is 0 Å². The van der Waals surface area contributed by atoms with Crippen molar-refractivity contribution in [2.75, 3.05) is 0 Å². The van der Waals surface area contributed by atoms with E-state index in [1.165, 1.54) is 11.8 Å². The van der Waals surface area contributed by atoms with Gasteiger partial charge in [0.2, 0.25) is 0 Å². The van der Waals surface area contributed by atoms with Crippen molar-refractivity contribution in [2.45, 2.75) is 45.5 Å². The predicted molar refractivity (Wildman–Crippen MR) is 82.2 cm³/mol. The Kier molecular flexibility index (Phi) is 5.01. The molecule has 0 saturated carbocycles. The first-order valence-corrected chi connectivity index (χ1v) is 7.31. The number of nitrogens with zero attached hydrogens (tertiary/aromatic N) is 1. The zero-order chi connectivity index (χ0) is 15.6. The zero-order valence-corrected chi connectivity index (χ0v) is 13.4. The fourth-order valence-electron chi connectivity index (χ4n) is 1.68. The summed E-state index contributed by atoms with van der Waals surface area (Å²) >= 11 is 1.24. The Morgan fingerprint density at radius 1 is 1.20 bits per heavy atom. The molecule has 0 bridgehead atoms. The Morgan fingerprint density at radius 2 is 1.70 bits per heavy atom. The van der Waals surface area contributed by atoms with E-state index < -0.39 is 11.5 Å². The molecule has 1 aromatic rings. The molecular weight excluding hydrogens is 270 g/mol. The van der Waals surface area contributed by atoms with E-state index in [0.717, 1.165) is 0 Å². The molecule has 0 aliphatic heterocycles. The molecule has 0 aromatic heterocycles. The Morgan fingerprint density at radius 3 is 2.10 bits per heavy atom. The van der Waals surface area contributed by atoms with E-state index in [2.05, 4.69) is 0 Å². The number of aliphatic hydroxyl groups is 1. The van der Waals surface area contributed by atoms with E-state index in [1.807, 2.05) is 26.8 Å². The second-order valence-corrected chi connectivity index (χ2v) is 8.16. The van der Waals surface area contributed by atoms with Gasteiger partial charge >= 0.3 is 0 Å². The fourth-order valence-corrected chi connectivity index (χ4v) is 2.61. The molecule has 3 nitrogen and oxygen atoms in total. The van der Waals surface area contributed by atoms with Crippen molar-refractivity contribution in [3.8, 4) is 6.07 Å². The van der Waals surface area contributed by atoms with Gasteiger partial charge in [0.1, 0.15) is 0 Å². The van der Waals surface area contributed by atoms with Crippen LogP contribution in [0.1, 0.15) is 51.8 Å². The summed E-state index contributed by atoms with van der Waals surface area (Å²) in [6.45, 7) is 9.41. The first-order valence-electron chi connectivity index (χ1n) is 6.49. The van der Waals surface area contributed by atoms with E-state index in [0.29, 0.717) is 11.1 Å². The fraction of sp³-hybridized carbons (Fsp3) is 0.500. The van der Waals surface area contributed by atoms with Crippen LogP contribution in [0.4, 0.5) is 0 Å². The lowest BCUT2D eigenvalue weighted by Crippen LogP contribution is -2.32. The highest BCUT2D eigenvalue weighted by Gasteiger charge is 2.38. The van der Waals surface area contributed by atoms with Gasteiger partial charge in [0.05, 0.1) is 23.2 Å². The highest BCUT2D eigenvalue weighted by atomic mass is 32.2. The maximum atomic E-state index is 12.4.